The zero-order valence-corrected chi connectivity index (χ0v) is 3.73. The van der Waals surface area contributed by atoms with E-state index in [0.717, 1.165) is 0 Å². The first-order chi connectivity index (χ1) is 2.81. The Hall–Kier alpha value is -0.770. The van der Waals surface area contributed by atoms with E-state index in [4.69, 9.17) is 5.26 Å². The minimum Gasteiger partial charge on any atom is -0.193 e. The maximum absolute atomic E-state index is 7.95. The number of nitrogens with zero attached hydrogens (tertiary/aromatic N) is 1. The van der Waals surface area contributed by atoms with E-state index < -0.39 is 0 Å². The van der Waals surface area contributed by atoms with Crippen molar-refractivity contribution in [2.45, 2.75) is 6.92 Å². The predicted octanol–water partition coefficient (Wildman–Crippen LogP) is 1.29. The average Bonchev–Trinajstić information content (AvgIpc) is 1.65. The Morgan fingerprint density at radius 3 is 2.50 bits per heavy atom. The lowest BCUT2D eigenvalue weighted by Gasteiger charge is -1.70. The van der Waals surface area contributed by atoms with Gasteiger partial charge in [0.15, 0.2) is 0 Å². The number of hydrogen-bond acceptors (Lipinski definition) is 1. The first-order valence-electron chi connectivity index (χ1n) is 1.69. The van der Waals surface area contributed by atoms with Gasteiger partial charge in [-0.25, -0.2) is 0 Å². The number of rotatable bonds is 0. The molecule has 1 nitrogen and oxygen atoms in total. The molecule has 0 aliphatic carbocycles. The van der Waals surface area contributed by atoms with Crippen LogP contribution in [0, 0.1) is 18.3 Å². The lowest BCUT2D eigenvalue weighted by atomic mass is 10.3. The number of allylic oxidation sites excluding steroid dienone is 2. The van der Waals surface area contributed by atoms with Crippen molar-refractivity contribution < 1.29 is 0 Å². The molecule has 0 atom stereocenters. The van der Waals surface area contributed by atoms with E-state index in [1.54, 1.807) is 13.0 Å². The summed E-state index contributed by atoms with van der Waals surface area (Å²) in [4.78, 5) is 0. The minimum absolute atomic E-state index is 0.523. The van der Waals surface area contributed by atoms with Gasteiger partial charge >= 0.3 is 0 Å². The summed E-state index contributed by atoms with van der Waals surface area (Å²) in [6.07, 6.45) is 1.67. The summed E-state index contributed by atoms with van der Waals surface area (Å²) >= 11 is 0. The second-order valence-corrected chi connectivity index (χ2v) is 0.926. The smallest absolute Gasteiger partial charge is 0.0943 e. The normalized spacial score (nSPS) is 10.5. The Bertz CT molecular complexity index is 95.0. The summed E-state index contributed by atoms with van der Waals surface area (Å²) in [6.45, 7) is 5.16. The highest BCUT2D eigenvalue weighted by atomic mass is 14.2. The van der Waals surface area contributed by atoms with Gasteiger partial charge in [-0.2, -0.15) is 5.26 Å². The van der Waals surface area contributed by atoms with E-state index in [-0.39, 0.29) is 0 Å². The van der Waals surface area contributed by atoms with Crippen LogP contribution >= 0.6 is 0 Å². The zero-order valence-electron chi connectivity index (χ0n) is 3.73. The van der Waals surface area contributed by atoms with Crippen LogP contribution in [0.5, 0.6) is 0 Å². The Morgan fingerprint density at radius 1 is 2.00 bits per heavy atom. The second kappa shape index (κ2) is 2.47. The molecule has 0 saturated heterocycles. The summed E-state index contributed by atoms with van der Waals surface area (Å²) in [5.41, 5.74) is 0.523. The number of nitriles is 1. The molecule has 0 fully saturated rings. The van der Waals surface area contributed by atoms with Crippen LogP contribution < -0.4 is 0 Å². The lowest BCUT2D eigenvalue weighted by Crippen LogP contribution is -1.59. The van der Waals surface area contributed by atoms with Crippen molar-refractivity contribution in [1.29, 1.82) is 5.26 Å². The molecular formula is C5H6N. The van der Waals surface area contributed by atoms with Crippen molar-refractivity contribution in [3.05, 3.63) is 18.6 Å². The third-order valence-electron chi connectivity index (χ3n) is 0.492. The summed E-state index contributed by atoms with van der Waals surface area (Å²) in [5.74, 6) is 0. The van der Waals surface area contributed by atoms with Gasteiger partial charge in [0.25, 0.3) is 0 Å². The fourth-order valence-corrected chi connectivity index (χ4v) is 0.0645. The van der Waals surface area contributed by atoms with Crippen LogP contribution in [0.2, 0.25) is 0 Å². The molecule has 1 radical (unpaired) electrons. The van der Waals surface area contributed by atoms with E-state index >= 15 is 0 Å². The molecule has 31 valence electrons. The van der Waals surface area contributed by atoms with Gasteiger partial charge in [-0.1, -0.05) is 6.08 Å². The third-order valence-corrected chi connectivity index (χ3v) is 0.492. The van der Waals surface area contributed by atoms with Crippen LogP contribution in [0.15, 0.2) is 11.6 Å². The van der Waals surface area contributed by atoms with Gasteiger partial charge in [0.2, 0.25) is 0 Å². The van der Waals surface area contributed by atoms with E-state index in [9.17, 15) is 0 Å². The molecule has 0 aromatic carbocycles. The predicted molar refractivity (Wildman–Crippen MR) is 24.7 cm³/mol. The summed E-state index contributed by atoms with van der Waals surface area (Å²) in [6, 6.07) is 1.86. The standard InChI is InChI=1S/C5H6N/c1-3-5(2)4-6/h3H,2H2,1H3/b5-3-. The Morgan fingerprint density at radius 2 is 2.50 bits per heavy atom. The SMILES string of the molecule is [CH2]/C(C#N)=C/C. The van der Waals surface area contributed by atoms with E-state index in [0.29, 0.717) is 5.57 Å². The van der Waals surface area contributed by atoms with Crippen molar-refractivity contribution in [2.24, 2.45) is 0 Å². The Kier molecular flexibility index (Phi) is 2.15. The van der Waals surface area contributed by atoms with Crippen LogP contribution in [0.1, 0.15) is 6.92 Å². The van der Waals surface area contributed by atoms with E-state index in [1.165, 1.54) is 0 Å². The van der Waals surface area contributed by atoms with Crippen LogP contribution in [0.3, 0.4) is 0 Å². The number of hydrogen-bond donors (Lipinski definition) is 0. The molecule has 0 amide bonds. The van der Waals surface area contributed by atoms with Gasteiger partial charge in [-0.15, -0.1) is 0 Å². The molecule has 0 N–H and O–H groups in total. The minimum atomic E-state index is 0.523. The maximum Gasteiger partial charge on any atom is 0.0943 e. The highest BCUT2D eigenvalue weighted by Crippen LogP contribution is 1.82. The van der Waals surface area contributed by atoms with Gasteiger partial charge in [0, 0.05) is 5.57 Å². The summed E-state index contributed by atoms with van der Waals surface area (Å²) < 4.78 is 0. The largest absolute Gasteiger partial charge is 0.193 e. The van der Waals surface area contributed by atoms with Gasteiger partial charge < -0.3 is 0 Å². The van der Waals surface area contributed by atoms with Crippen molar-refractivity contribution in [2.75, 3.05) is 0 Å². The molecule has 0 aromatic rings. The fourth-order valence-electron chi connectivity index (χ4n) is 0.0645. The molecule has 0 aliphatic heterocycles. The molecule has 0 spiro atoms. The molecule has 0 aliphatic rings. The molecule has 1 heteroatoms. The van der Waals surface area contributed by atoms with Crippen molar-refractivity contribution in [3.63, 3.8) is 0 Å². The summed E-state index contributed by atoms with van der Waals surface area (Å²) in [7, 11) is 0. The van der Waals surface area contributed by atoms with E-state index in [2.05, 4.69) is 6.92 Å². The van der Waals surface area contributed by atoms with Gasteiger partial charge in [-0.05, 0) is 13.8 Å². The van der Waals surface area contributed by atoms with Crippen LogP contribution in [0.4, 0.5) is 0 Å². The van der Waals surface area contributed by atoms with Crippen molar-refractivity contribution in [3.8, 4) is 6.07 Å². The van der Waals surface area contributed by atoms with Gasteiger partial charge in [-0.3, -0.25) is 0 Å². The molecule has 0 saturated carbocycles. The quantitative estimate of drug-likeness (QED) is 0.402. The van der Waals surface area contributed by atoms with Gasteiger partial charge in [0.05, 0.1) is 6.07 Å². The summed E-state index contributed by atoms with van der Waals surface area (Å²) in [5, 5.41) is 7.95. The Balaban J connectivity index is 3.61. The first-order valence-corrected chi connectivity index (χ1v) is 1.69. The third kappa shape index (κ3) is 1.54. The average molecular weight is 80.1 g/mol. The highest BCUT2D eigenvalue weighted by molar-refractivity contribution is 5.21. The van der Waals surface area contributed by atoms with Crippen molar-refractivity contribution >= 4 is 0 Å². The Labute approximate surface area is 37.9 Å². The highest BCUT2D eigenvalue weighted by Gasteiger charge is 1.71. The topological polar surface area (TPSA) is 23.8 Å². The molecule has 0 heterocycles. The van der Waals surface area contributed by atoms with Crippen LogP contribution in [-0.2, 0) is 0 Å². The second-order valence-electron chi connectivity index (χ2n) is 0.926. The lowest BCUT2D eigenvalue weighted by molar-refractivity contribution is 1.48. The zero-order chi connectivity index (χ0) is 4.99. The van der Waals surface area contributed by atoms with E-state index in [1.807, 2.05) is 6.07 Å². The molecule has 0 aromatic heterocycles. The first kappa shape index (κ1) is 5.23. The van der Waals surface area contributed by atoms with Crippen molar-refractivity contribution in [1.82, 2.24) is 0 Å². The molecular weight excluding hydrogens is 74.1 g/mol. The molecule has 0 unspecified atom stereocenters. The van der Waals surface area contributed by atoms with Gasteiger partial charge in [0.1, 0.15) is 0 Å². The molecule has 0 rings (SSSR count). The maximum atomic E-state index is 7.95. The van der Waals surface area contributed by atoms with Crippen LogP contribution in [0.25, 0.3) is 0 Å². The molecule has 6 heavy (non-hydrogen) atoms. The monoisotopic (exact) mass is 80.1 g/mol. The molecule has 0 bridgehead atoms. The van der Waals surface area contributed by atoms with Crippen LogP contribution in [-0.4, -0.2) is 0 Å². The fraction of sp³-hybridized carbons (Fsp3) is 0.200.